The van der Waals surface area contributed by atoms with Gasteiger partial charge in [-0.3, -0.25) is 4.79 Å². The summed E-state index contributed by atoms with van der Waals surface area (Å²) < 4.78 is 0. The minimum Gasteiger partial charge on any atom is -0.340 e. The Labute approximate surface area is 95.2 Å². The van der Waals surface area contributed by atoms with Gasteiger partial charge in [0.2, 0.25) is 5.91 Å². The minimum absolute atomic E-state index is 0.340. The third-order valence-corrected chi connectivity index (χ3v) is 3.45. The second-order valence-electron chi connectivity index (χ2n) is 4.30. The molecule has 0 atom stereocenters. The molecule has 1 saturated carbocycles. The van der Waals surface area contributed by atoms with Crippen LogP contribution in [0.4, 0.5) is 0 Å². The van der Waals surface area contributed by atoms with Crippen LogP contribution >= 0.6 is 15.9 Å². The van der Waals surface area contributed by atoms with Crippen molar-refractivity contribution in [3.05, 3.63) is 0 Å². The van der Waals surface area contributed by atoms with Crippen LogP contribution in [0.1, 0.15) is 39.5 Å². The molecule has 0 aromatic heterocycles. The van der Waals surface area contributed by atoms with Crippen molar-refractivity contribution < 1.29 is 4.79 Å². The monoisotopic (exact) mass is 261 g/mol. The van der Waals surface area contributed by atoms with Gasteiger partial charge in [0.1, 0.15) is 0 Å². The molecule has 1 amide bonds. The maximum Gasteiger partial charge on any atom is 0.225 e. The third kappa shape index (κ3) is 2.97. The Morgan fingerprint density at radius 1 is 1.50 bits per heavy atom. The van der Waals surface area contributed by atoms with Gasteiger partial charge in [-0.1, -0.05) is 22.4 Å². The summed E-state index contributed by atoms with van der Waals surface area (Å²) in [5.41, 5.74) is 0. The van der Waals surface area contributed by atoms with Gasteiger partial charge in [-0.2, -0.15) is 0 Å². The van der Waals surface area contributed by atoms with Crippen molar-refractivity contribution in [1.29, 1.82) is 0 Å². The number of nitrogens with zero attached hydrogens (tertiary/aromatic N) is 1. The van der Waals surface area contributed by atoms with Gasteiger partial charge in [0.15, 0.2) is 0 Å². The Balaban J connectivity index is 2.43. The van der Waals surface area contributed by atoms with E-state index in [1.54, 1.807) is 0 Å². The van der Waals surface area contributed by atoms with Crippen molar-refractivity contribution in [1.82, 2.24) is 4.90 Å². The molecule has 0 unspecified atom stereocenters. The highest BCUT2D eigenvalue weighted by Gasteiger charge is 2.30. The summed E-state index contributed by atoms with van der Waals surface area (Å²) in [5, 5.41) is 0.980. The molecule has 0 heterocycles. The molecule has 0 N–H and O–H groups in total. The zero-order valence-electron chi connectivity index (χ0n) is 9.13. The van der Waals surface area contributed by atoms with Crippen molar-refractivity contribution in [2.45, 2.75) is 45.6 Å². The van der Waals surface area contributed by atoms with Gasteiger partial charge >= 0.3 is 0 Å². The Bertz CT molecular complexity index is 190. The second kappa shape index (κ2) is 5.74. The van der Waals surface area contributed by atoms with E-state index in [1.165, 1.54) is 6.42 Å². The van der Waals surface area contributed by atoms with E-state index in [4.69, 9.17) is 0 Å². The lowest BCUT2D eigenvalue weighted by Gasteiger charge is -2.34. The summed E-state index contributed by atoms with van der Waals surface area (Å²) in [6.07, 6.45) is 4.50. The molecule has 0 radical (unpaired) electrons. The molecule has 0 aromatic carbocycles. The minimum atomic E-state index is 0.340. The van der Waals surface area contributed by atoms with E-state index in [1.807, 2.05) is 4.90 Å². The molecule has 0 spiro atoms. The third-order valence-electron chi connectivity index (χ3n) is 2.89. The van der Waals surface area contributed by atoms with Crippen LogP contribution in [-0.2, 0) is 4.79 Å². The second-order valence-corrected chi connectivity index (χ2v) is 5.09. The van der Waals surface area contributed by atoms with E-state index in [-0.39, 0.29) is 0 Å². The van der Waals surface area contributed by atoms with Gasteiger partial charge in [-0.25, -0.2) is 0 Å². The first kappa shape index (κ1) is 12.0. The predicted octanol–water partition coefficient (Wildman–Crippen LogP) is 2.81. The van der Waals surface area contributed by atoms with Crippen molar-refractivity contribution in [2.24, 2.45) is 5.92 Å². The fourth-order valence-corrected chi connectivity index (χ4v) is 1.99. The topological polar surface area (TPSA) is 20.3 Å². The van der Waals surface area contributed by atoms with E-state index in [0.717, 1.165) is 31.1 Å². The van der Waals surface area contributed by atoms with Crippen LogP contribution in [0.5, 0.6) is 0 Å². The Hall–Kier alpha value is -0.0500. The van der Waals surface area contributed by atoms with E-state index in [0.29, 0.717) is 17.9 Å². The molecule has 0 aliphatic heterocycles. The zero-order valence-corrected chi connectivity index (χ0v) is 10.7. The molecule has 82 valence electrons. The van der Waals surface area contributed by atoms with E-state index >= 15 is 0 Å². The Morgan fingerprint density at radius 2 is 2.14 bits per heavy atom. The average molecular weight is 262 g/mol. The first-order chi connectivity index (χ1) is 6.66. The van der Waals surface area contributed by atoms with Crippen molar-refractivity contribution in [2.75, 3.05) is 11.9 Å². The van der Waals surface area contributed by atoms with Crippen molar-refractivity contribution >= 4 is 21.8 Å². The van der Waals surface area contributed by atoms with Gasteiger partial charge in [-0.05, 0) is 33.1 Å². The molecule has 0 aromatic rings. The van der Waals surface area contributed by atoms with Crippen LogP contribution in [0.15, 0.2) is 0 Å². The number of carbonyl (C=O) groups is 1. The number of amides is 1. The lowest BCUT2D eigenvalue weighted by Crippen LogP contribution is -2.43. The van der Waals surface area contributed by atoms with E-state index in [9.17, 15) is 4.79 Å². The molecule has 3 heteroatoms. The molecule has 0 bridgehead atoms. The van der Waals surface area contributed by atoms with Crippen LogP contribution in [-0.4, -0.2) is 28.7 Å². The van der Waals surface area contributed by atoms with Gasteiger partial charge in [0, 0.05) is 23.8 Å². The quantitative estimate of drug-likeness (QED) is 0.698. The van der Waals surface area contributed by atoms with Gasteiger partial charge in [0.05, 0.1) is 0 Å². The maximum absolute atomic E-state index is 12.0. The predicted molar refractivity (Wildman–Crippen MR) is 62.6 cm³/mol. The molecule has 14 heavy (non-hydrogen) atoms. The average Bonchev–Trinajstić information content (AvgIpc) is 2.01. The van der Waals surface area contributed by atoms with Crippen molar-refractivity contribution in [3.63, 3.8) is 0 Å². The summed E-state index contributed by atoms with van der Waals surface area (Å²) >= 11 is 3.41. The standard InChI is InChI=1S/C11H20BrNO/c1-9(2)13(8-4-7-12)11(14)10-5-3-6-10/h9-10H,3-8H2,1-2H3. The van der Waals surface area contributed by atoms with Crippen molar-refractivity contribution in [3.8, 4) is 0 Å². The molecule has 0 saturated heterocycles. The van der Waals surface area contributed by atoms with Gasteiger partial charge in [0.25, 0.3) is 0 Å². The zero-order chi connectivity index (χ0) is 10.6. The SMILES string of the molecule is CC(C)N(CCCBr)C(=O)C1CCC1. The van der Waals surface area contributed by atoms with Crippen LogP contribution in [0.3, 0.4) is 0 Å². The number of alkyl halides is 1. The number of carbonyl (C=O) groups excluding carboxylic acids is 1. The molecule has 2 nitrogen and oxygen atoms in total. The molecule has 1 aliphatic carbocycles. The highest BCUT2D eigenvalue weighted by atomic mass is 79.9. The van der Waals surface area contributed by atoms with Crippen LogP contribution in [0.25, 0.3) is 0 Å². The van der Waals surface area contributed by atoms with Crippen LogP contribution in [0, 0.1) is 5.92 Å². The lowest BCUT2D eigenvalue weighted by molar-refractivity contribution is -0.139. The van der Waals surface area contributed by atoms with E-state index < -0.39 is 0 Å². The van der Waals surface area contributed by atoms with Crippen LogP contribution in [0.2, 0.25) is 0 Å². The highest BCUT2D eigenvalue weighted by molar-refractivity contribution is 9.09. The molecule has 1 fully saturated rings. The smallest absolute Gasteiger partial charge is 0.225 e. The Morgan fingerprint density at radius 3 is 2.50 bits per heavy atom. The summed E-state index contributed by atoms with van der Waals surface area (Å²) in [7, 11) is 0. The number of hydrogen-bond donors (Lipinski definition) is 0. The summed E-state index contributed by atoms with van der Waals surface area (Å²) in [4.78, 5) is 14.0. The molecular weight excluding hydrogens is 242 g/mol. The largest absolute Gasteiger partial charge is 0.340 e. The van der Waals surface area contributed by atoms with E-state index in [2.05, 4.69) is 29.8 Å². The highest BCUT2D eigenvalue weighted by Crippen LogP contribution is 2.28. The fourth-order valence-electron chi connectivity index (χ4n) is 1.74. The van der Waals surface area contributed by atoms with Gasteiger partial charge < -0.3 is 4.90 Å². The first-order valence-electron chi connectivity index (χ1n) is 5.53. The maximum atomic E-state index is 12.0. The summed E-state index contributed by atoms with van der Waals surface area (Å²) in [6.45, 7) is 5.11. The molecule has 1 rings (SSSR count). The number of halogens is 1. The number of hydrogen-bond acceptors (Lipinski definition) is 1. The first-order valence-corrected chi connectivity index (χ1v) is 6.65. The summed E-state index contributed by atoms with van der Waals surface area (Å²) in [6, 6.07) is 0.349. The molecule has 1 aliphatic rings. The van der Waals surface area contributed by atoms with Crippen LogP contribution < -0.4 is 0 Å². The summed E-state index contributed by atoms with van der Waals surface area (Å²) in [5.74, 6) is 0.722. The Kier molecular flexibility index (Phi) is 4.93. The lowest BCUT2D eigenvalue weighted by atomic mass is 9.84. The number of rotatable bonds is 5. The van der Waals surface area contributed by atoms with Gasteiger partial charge in [-0.15, -0.1) is 0 Å². The fraction of sp³-hybridized carbons (Fsp3) is 0.909. The normalized spacial score (nSPS) is 16.9. The molecular formula is C11H20BrNO.